The van der Waals surface area contributed by atoms with Gasteiger partial charge in [0.2, 0.25) is 5.91 Å². The third kappa shape index (κ3) is 6.89. The summed E-state index contributed by atoms with van der Waals surface area (Å²) in [4.78, 5) is 25.6. The normalized spacial score (nSPS) is 11.0. The fraction of sp³-hybridized carbons (Fsp3) is 0.375. The summed E-state index contributed by atoms with van der Waals surface area (Å²) >= 11 is 2.20. The summed E-state index contributed by atoms with van der Waals surface area (Å²) in [6.45, 7) is 2.30. The monoisotopic (exact) mass is 432 g/mol. The number of rotatable bonds is 7. The van der Waals surface area contributed by atoms with Gasteiger partial charge >= 0.3 is 6.09 Å². The molecule has 7 heteroatoms. The van der Waals surface area contributed by atoms with Crippen molar-refractivity contribution in [2.45, 2.75) is 6.92 Å². The van der Waals surface area contributed by atoms with Crippen LogP contribution in [0.25, 0.3) is 0 Å². The largest absolute Gasteiger partial charge is 0.492 e. The maximum atomic E-state index is 11.7. The lowest BCUT2D eigenvalue weighted by Crippen LogP contribution is -2.34. The zero-order valence-electron chi connectivity index (χ0n) is 13.5. The van der Waals surface area contributed by atoms with Crippen molar-refractivity contribution >= 4 is 34.6 Å². The van der Waals surface area contributed by atoms with Crippen LogP contribution in [0.15, 0.2) is 35.9 Å². The molecule has 1 N–H and O–H groups in total. The van der Waals surface area contributed by atoms with Crippen LogP contribution in [0.3, 0.4) is 0 Å². The number of amides is 2. The van der Waals surface area contributed by atoms with Crippen molar-refractivity contribution in [1.82, 2.24) is 9.80 Å². The van der Waals surface area contributed by atoms with Crippen LogP contribution in [0.1, 0.15) is 6.92 Å². The molecule has 0 bridgehead atoms. The summed E-state index contributed by atoms with van der Waals surface area (Å²) in [5, 5.41) is 9.21. The van der Waals surface area contributed by atoms with Gasteiger partial charge in [-0.1, -0.05) is 6.08 Å². The number of carboxylic acid groups (broad SMARTS) is 1. The summed E-state index contributed by atoms with van der Waals surface area (Å²) in [7, 11) is 3.31. The Labute approximate surface area is 149 Å². The number of nitrogens with zero attached hydrogens (tertiary/aromatic N) is 2. The van der Waals surface area contributed by atoms with Gasteiger partial charge in [0, 0.05) is 29.8 Å². The maximum Gasteiger partial charge on any atom is 0.407 e. The fourth-order valence-electron chi connectivity index (χ4n) is 1.76. The highest BCUT2D eigenvalue weighted by Gasteiger charge is 2.12. The van der Waals surface area contributed by atoms with Crippen molar-refractivity contribution in [3.05, 3.63) is 39.5 Å². The predicted octanol–water partition coefficient (Wildman–Crippen LogP) is 2.68. The van der Waals surface area contributed by atoms with Crippen molar-refractivity contribution in [3.63, 3.8) is 0 Å². The highest BCUT2D eigenvalue weighted by molar-refractivity contribution is 14.1. The molecule has 2 amide bonds. The molecular formula is C16H21IN2O4. The minimum absolute atomic E-state index is 0.134. The molecule has 6 nitrogen and oxygen atoms in total. The first-order chi connectivity index (χ1) is 10.8. The second kappa shape index (κ2) is 9.39. The van der Waals surface area contributed by atoms with Crippen LogP contribution in [-0.2, 0) is 4.79 Å². The highest BCUT2D eigenvalue weighted by atomic mass is 127. The number of carbonyl (C=O) groups excluding carboxylic acids is 1. The molecule has 0 aliphatic heterocycles. The van der Waals surface area contributed by atoms with Gasteiger partial charge in [-0.2, -0.15) is 0 Å². The smallest absolute Gasteiger partial charge is 0.407 e. The van der Waals surface area contributed by atoms with Crippen molar-refractivity contribution in [2.24, 2.45) is 0 Å². The molecule has 0 unspecified atom stereocenters. The van der Waals surface area contributed by atoms with Crippen molar-refractivity contribution in [2.75, 3.05) is 33.8 Å². The van der Waals surface area contributed by atoms with Gasteiger partial charge in [-0.15, -0.1) is 0 Å². The van der Waals surface area contributed by atoms with Crippen LogP contribution >= 0.6 is 22.6 Å². The molecule has 1 aromatic carbocycles. The minimum atomic E-state index is -1.04. The highest BCUT2D eigenvalue weighted by Crippen LogP contribution is 2.13. The van der Waals surface area contributed by atoms with Gasteiger partial charge in [0.05, 0.1) is 6.54 Å². The number of hydrogen-bond donors (Lipinski definition) is 1. The Morgan fingerprint density at radius 1 is 1.26 bits per heavy atom. The Kier molecular flexibility index (Phi) is 7.87. The van der Waals surface area contributed by atoms with Crippen LogP contribution in [0.4, 0.5) is 4.79 Å². The van der Waals surface area contributed by atoms with E-state index in [2.05, 4.69) is 22.6 Å². The Hall–Kier alpha value is -1.77. The van der Waals surface area contributed by atoms with Gasteiger partial charge < -0.3 is 19.6 Å². The van der Waals surface area contributed by atoms with Crippen molar-refractivity contribution in [1.29, 1.82) is 0 Å². The fourth-order valence-corrected chi connectivity index (χ4v) is 2.12. The third-order valence-electron chi connectivity index (χ3n) is 3.08. The van der Waals surface area contributed by atoms with Crippen LogP contribution in [0, 0.1) is 3.57 Å². The van der Waals surface area contributed by atoms with E-state index >= 15 is 0 Å². The van der Waals surface area contributed by atoms with E-state index in [1.807, 2.05) is 24.3 Å². The van der Waals surface area contributed by atoms with Crippen LogP contribution in [0.2, 0.25) is 0 Å². The van der Waals surface area contributed by atoms with E-state index in [0.717, 1.165) is 3.57 Å². The SMILES string of the molecule is CC(=CCN(CCOc1ccc(I)cc1)C(=O)O)C(=O)N(C)C. The number of benzene rings is 1. The molecule has 0 atom stereocenters. The number of likely N-dealkylation sites (N-methyl/N-ethyl adjacent to an activating group) is 1. The Bertz CT molecular complexity index is 570. The molecule has 0 aromatic heterocycles. The van der Waals surface area contributed by atoms with Gasteiger partial charge in [0.15, 0.2) is 0 Å². The van der Waals surface area contributed by atoms with E-state index in [0.29, 0.717) is 11.3 Å². The van der Waals surface area contributed by atoms with Crippen molar-refractivity contribution < 1.29 is 19.4 Å². The lowest BCUT2D eigenvalue weighted by molar-refractivity contribution is -0.124. The molecule has 0 radical (unpaired) electrons. The Balaban J connectivity index is 2.52. The van der Waals surface area contributed by atoms with Crippen LogP contribution in [0.5, 0.6) is 5.75 Å². The van der Waals surface area contributed by atoms with Gasteiger partial charge in [-0.25, -0.2) is 4.79 Å². The topological polar surface area (TPSA) is 70.1 Å². The lowest BCUT2D eigenvalue weighted by atomic mass is 10.2. The molecule has 0 saturated carbocycles. The summed E-state index contributed by atoms with van der Waals surface area (Å²) in [5.41, 5.74) is 0.514. The zero-order chi connectivity index (χ0) is 17.4. The van der Waals surface area contributed by atoms with Gasteiger partial charge in [-0.05, 0) is 53.8 Å². The number of carbonyl (C=O) groups is 2. The number of ether oxygens (including phenoxy) is 1. The van der Waals surface area contributed by atoms with E-state index in [4.69, 9.17) is 4.74 Å². The van der Waals surface area contributed by atoms with Gasteiger partial charge in [0.25, 0.3) is 0 Å². The second-order valence-corrected chi connectivity index (χ2v) is 6.36. The summed E-state index contributed by atoms with van der Waals surface area (Å²) in [5.74, 6) is 0.566. The first-order valence-corrected chi connectivity index (χ1v) is 8.13. The minimum Gasteiger partial charge on any atom is -0.492 e. The average molecular weight is 432 g/mol. The quantitative estimate of drug-likeness (QED) is 0.532. The van der Waals surface area contributed by atoms with E-state index in [-0.39, 0.29) is 25.6 Å². The summed E-state index contributed by atoms with van der Waals surface area (Å²) < 4.78 is 6.63. The maximum absolute atomic E-state index is 11.7. The van der Waals surface area contributed by atoms with Gasteiger partial charge in [0.1, 0.15) is 12.4 Å². The van der Waals surface area contributed by atoms with Gasteiger partial charge in [-0.3, -0.25) is 4.79 Å². The number of halogens is 1. The van der Waals surface area contributed by atoms with E-state index in [1.165, 1.54) is 9.80 Å². The molecule has 0 heterocycles. The first kappa shape index (κ1) is 19.3. The molecule has 126 valence electrons. The molecule has 0 spiro atoms. The molecule has 0 saturated heterocycles. The third-order valence-corrected chi connectivity index (χ3v) is 3.79. The van der Waals surface area contributed by atoms with E-state index in [1.54, 1.807) is 27.1 Å². The Morgan fingerprint density at radius 2 is 1.87 bits per heavy atom. The first-order valence-electron chi connectivity index (χ1n) is 7.06. The molecule has 1 rings (SSSR count). The average Bonchev–Trinajstić information content (AvgIpc) is 2.50. The Morgan fingerprint density at radius 3 is 2.39 bits per heavy atom. The standard InChI is InChI=1S/C16H21IN2O4/c1-12(15(20)18(2)3)8-9-19(16(21)22)10-11-23-14-6-4-13(17)5-7-14/h4-8H,9-11H2,1-3H3,(H,21,22). The molecular weight excluding hydrogens is 411 g/mol. The predicted molar refractivity (Wildman–Crippen MR) is 96.7 cm³/mol. The second-order valence-electron chi connectivity index (χ2n) is 5.12. The summed E-state index contributed by atoms with van der Waals surface area (Å²) in [6.07, 6.45) is 0.569. The summed E-state index contributed by atoms with van der Waals surface area (Å²) in [6, 6.07) is 7.52. The number of hydrogen-bond acceptors (Lipinski definition) is 3. The molecule has 23 heavy (non-hydrogen) atoms. The van der Waals surface area contributed by atoms with Crippen LogP contribution in [-0.4, -0.2) is 60.7 Å². The van der Waals surface area contributed by atoms with E-state index in [9.17, 15) is 14.7 Å². The van der Waals surface area contributed by atoms with E-state index < -0.39 is 6.09 Å². The molecule has 0 aliphatic rings. The molecule has 1 aromatic rings. The van der Waals surface area contributed by atoms with Crippen molar-refractivity contribution in [3.8, 4) is 5.75 Å². The molecule has 0 fully saturated rings. The molecule has 0 aliphatic carbocycles. The lowest BCUT2D eigenvalue weighted by Gasteiger charge is -2.18. The van der Waals surface area contributed by atoms with Crippen LogP contribution < -0.4 is 4.74 Å². The zero-order valence-corrected chi connectivity index (χ0v) is 15.6.